The summed E-state index contributed by atoms with van der Waals surface area (Å²) in [6, 6.07) is 7.13. The van der Waals surface area contributed by atoms with Crippen molar-refractivity contribution in [1.82, 2.24) is 4.90 Å². The molecular weight excluding hydrogens is 284 g/mol. The first-order valence-electron chi connectivity index (χ1n) is 7.35. The van der Waals surface area contributed by atoms with E-state index in [1.165, 1.54) is 0 Å². The summed E-state index contributed by atoms with van der Waals surface area (Å²) in [6.45, 7) is 9.50. The number of hydrogen-bond donors (Lipinski definition) is 0. The predicted molar refractivity (Wildman–Crippen MR) is 86.9 cm³/mol. The van der Waals surface area contributed by atoms with E-state index in [4.69, 9.17) is 0 Å². The molecule has 0 saturated heterocycles. The molecule has 0 fully saturated rings. The standard InChI is InChI=1S/C16H22N2O2S/c1-5-13-12(4)16(18(6-2)7-3)17-21(19,20)15-11-9-8-10-14(13)15/h8-11H,5-7H2,1-4H3. The van der Waals surface area contributed by atoms with E-state index in [0.717, 1.165) is 36.2 Å². The highest BCUT2D eigenvalue weighted by molar-refractivity contribution is 7.90. The van der Waals surface area contributed by atoms with Crippen LogP contribution >= 0.6 is 0 Å². The van der Waals surface area contributed by atoms with Gasteiger partial charge in [-0.3, -0.25) is 0 Å². The first kappa shape index (κ1) is 15.8. The minimum absolute atomic E-state index is 0.309. The summed E-state index contributed by atoms with van der Waals surface area (Å²) >= 11 is 0. The zero-order valence-electron chi connectivity index (χ0n) is 13.0. The van der Waals surface area contributed by atoms with Gasteiger partial charge in [0.25, 0.3) is 10.0 Å². The molecule has 114 valence electrons. The number of likely N-dealkylation sites (N-methyl/N-ethyl adjacent to an activating group) is 1. The first-order valence-corrected chi connectivity index (χ1v) is 8.79. The Bertz CT molecular complexity index is 699. The third kappa shape index (κ3) is 2.75. The summed E-state index contributed by atoms with van der Waals surface area (Å²) < 4.78 is 29.3. The monoisotopic (exact) mass is 306 g/mol. The van der Waals surface area contributed by atoms with Crippen LogP contribution in [-0.4, -0.2) is 32.2 Å². The van der Waals surface area contributed by atoms with E-state index >= 15 is 0 Å². The van der Waals surface area contributed by atoms with Crippen LogP contribution < -0.4 is 0 Å². The second-order valence-electron chi connectivity index (χ2n) is 5.02. The second-order valence-corrected chi connectivity index (χ2v) is 6.59. The van der Waals surface area contributed by atoms with Crippen LogP contribution in [-0.2, 0) is 10.0 Å². The lowest BCUT2D eigenvalue weighted by molar-refractivity contribution is 0.466. The van der Waals surface area contributed by atoms with Gasteiger partial charge in [-0.15, -0.1) is 4.40 Å². The van der Waals surface area contributed by atoms with Gasteiger partial charge in [-0.2, -0.15) is 8.42 Å². The van der Waals surface area contributed by atoms with Crippen LogP contribution in [0.15, 0.2) is 39.1 Å². The van der Waals surface area contributed by atoms with Crippen LogP contribution in [0, 0.1) is 0 Å². The summed E-state index contributed by atoms with van der Waals surface area (Å²) in [4.78, 5) is 2.30. The molecule has 5 heteroatoms. The van der Waals surface area contributed by atoms with Gasteiger partial charge < -0.3 is 4.90 Å². The molecule has 0 saturated carbocycles. The lowest BCUT2D eigenvalue weighted by Crippen LogP contribution is -2.32. The molecule has 0 aromatic heterocycles. The fourth-order valence-electron chi connectivity index (χ4n) is 2.78. The van der Waals surface area contributed by atoms with Crippen molar-refractivity contribution in [2.45, 2.75) is 39.0 Å². The fourth-order valence-corrected chi connectivity index (χ4v) is 4.08. The third-order valence-corrected chi connectivity index (χ3v) is 5.23. The van der Waals surface area contributed by atoms with Crippen LogP contribution in [0.3, 0.4) is 0 Å². The minimum Gasteiger partial charge on any atom is -0.356 e. The number of rotatable bonds is 3. The molecule has 0 radical (unpaired) electrons. The van der Waals surface area contributed by atoms with E-state index in [1.54, 1.807) is 12.1 Å². The van der Waals surface area contributed by atoms with Gasteiger partial charge in [-0.25, -0.2) is 0 Å². The summed E-state index contributed by atoms with van der Waals surface area (Å²) in [5.41, 5.74) is 2.79. The minimum atomic E-state index is -3.66. The van der Waals surface area contributed by atoms with Crippen molar-refractivity contribution in [2.75, 3.05) is 13.1 Å². The topological polar surface area (TPSA) is 49.7 Å². The molecule has 0 bridgehead atoms. The summed E-state index contributed by atoms with van der Waals surface area (Å²) in [5.74, 6) is 0.577. The molecule has 0 spiro atoms. The molecule has 0 atom stereocenters. The van der Waals surface area contributed by atoms with Crippen molar-refractivity contribution in [3.63, 3.8) is 0 Å². The zero-order valence-corrected chi connectivity index (χ0v) is 13.9. The van der Waals surface area contributed by atoms with Gasteiger partial charge in [-0.05, 0) is 50.0 Å². The quantitative estimate of drug-likeness (QED) is 0.861. The molecule has 1 aliphatic heterocycles. The predicted octanol–water partition coefficient (Wildman–Crippen LogP) is 3.31. The van der Waals surface area contributed by atoms with E-state index in [1.807, 2.05) is 44.7 Å². The molecule has 2 rings (SSSR count). The number of amidine groups is 1. The number of hydrogen-bond acceptors (Lipinski definition) is 3. The first-order chi connectivity index (χ1) is 9.96. The molecular formula is C16H22N2O2S. The highest BCUT2D eigenvalue weighted by atomic mass is 32.2. The lowest BCUT2D eigenvalue weighted by Gasteiger charge is -2.23. The van der Waals surface area contributed by atoms with Crippen LogP contribution in [0.25, 0.3) is 5.57 Å². The number of fused-ring (bicyclic) bond motifs is 1. The summed E-state index contributed by atoms with van der Waals surface area (Å²) in [5, 5.41) is 0. The summed E-state index contributed by atoms with van der Waals surface area (Å²) in [6.07, 6.45) is 0.776. The molecule has 0 amide bonds. The largest absolute Gasteiger partial charge is 0.356 e. The Morgan fingerprint density at radius 2 is 1.71 bits per heavy atom. The van der Waals surface area contributed by atoms with Crippen LogP contribution in [0.4, 0.5) is 0 Å². The molecule has 4 nitrogen and oxygen atoms in total. The highest BCUT2D eigenvalue weighted by Gasteiger charge is 2.27. The Balaban J connectivity index is 2.80. The van der Waals surface area contributed by atoms with Gasteiger partial charge in [0, 0.05) is 13.1 Å². The smallest absolute Gasteiger partial charge is 0.284 e. The zero-order chi connectivity index (χ0) is 15.6. The SMILES string of the molecule is CCC1=C(C)C(N(CC)CC)=NS(=O)(=O)c2ccccc21. The van der Waals surface area contributed by atoms with Crippen molar-refractivity contribution in [2.24, 2.45) is 4.40 Å². The third-order valence-electron chi connectivity index (χ3n) is 3.90. The molecule has 1 aromatic rings. The van der Waals surface area contributed by atoms with Gasteiger partial charge >= 0.3 is 0 Å². The Labute approximate surface area is 127 Å². The number of allylic oxidation sites excluding steroid dienone is 1. The maximum absolute atomic E-state index is 12.6. The van der Waals surface area contributed by atoms with Gasteiger partial charge in [0.15, 0.2) is 0 Å². The molecule has 0 aliphatic carbocycles. The van der Waals surface area contributed by atoms with Crippen LogP contribution in [0.5, 0.6) is 0 Å². The highest BCUT2D eigenvalue weighted by Crippen LogP contribution is 2.33. The normalized spacial score (nSPS) is 17.0. The number of sulfonamides is 1. The molecule has 0 N–H and O–H groups in total. The maximum Gasteiger partial charge on any atom is 0.284 e. The van der Waals surface area contributed by atoms with Crippen LogP contribution in [0.2, 0.25) is 0 Å². The average molecular weight is 306 g/mol. The molecule has 1 aromatic carbocycles. The molecule has 1 aliphatic rings. The summed E-state index contributed by atoms with van der Waals surface area (Å²) in [7, 11) is -3.66. The Kier molecular flexibility index (Phi) is 4.52. The maximum atomic E-state index is 12.6. The van der Waals surface area contributed by atoms with E-state index < -0.39 is 10.0 Å². The van der Waals surface area contributed by atoms with Crippen molar-refractivity contribution in [1.29, 1.82) is 0 Å². The van der Waals surface area contributed by atoms with E-state index in [9.17, 15) is 8.42 Å². The lowest BCUT2D eigenvalue weighted by atomic mass is 9.97. The van der Waals surface area contributed by atoms with Crippen molar-refractivity contribution in [3.05, 3.63) is 35.4 Å². The van der Waals surface area contributed by atoms with Gasteiger partial charge in [0.2, 0.25) is 0 Å². The Morgan fingerprint density at radius 1 is 1.10 bits per heavy atom. The molecule has 21 heavy (non-hydrogen) atoms. The Morgan fingerprint density at radius 3 is 2.29 bits per heavy atom. The Hall–Kier alpha value is -1.62. The van der Waals surface area contributed by atoms with Crippen molar-refractivity contribution < 1.29 is 8.42 Å². The fraction of sp³-hybridized carbons (Fsp3) is 0.438. The van der Waals surface area contributed by atoms with Gasteiger partial charge in [0.1, 0.15) is 5.84 Å². The van der Waals surface area contributed by atoms with Crippen molar-refractivity contribution >= 4 is 21.4 Å². The number of benzene rings is 1. The second kappa shape index (κ2) is 6.02. The van der Waals surface area contributed by atoms with Gasteiger partial charge in [-0.1, -0.05) is 25.1 Å². The van der Waals surface area contributed by atoms with E-state index in [-0.39, 0.29) is 0 Å². The van der Waals surface area contributed by atoms with Crippen molar-refractivity contribution in [3.8, 4) is 0 Å². The van der Waals surface area contributed by atoms with E-state index in [2.05, 4.69) is 4.40 Å². The average Bonchev–Trinajstić information content (AvgIpc) is 2.55. The van der Waals surface area contributed by atoms with E-state index in [0.29, 0.717) is 10.7 Å². The molecule has 1 heterocycles. The van der Waals surface area contributed by atoms with Gasteiger partial charge in [0.05, 0.1) is 4.90 Å². The molecule has 0 unspecified atom stereocenters. The van der Waals surface area contributed by atoms with Crippen LogP contribution in [0.1, 0.15) is 39.7 Å². The number of nitrogens with zero attached hydrogens (tertiary/aromatic N) is 2.